The van der Waals surface area contributed by atoms with E-state index in [0.29, 0.717) is 13.2 Å². The van der Waals surface area contributed by atoms with Gasteiger partial charge in [-0.1, -0.05) is 98.8 Å². The third kappa shape index (κ3) is 8.29. The monoisotopic (exact) mass is 652 g/mol. The number of nitrogens with zero attached hydrogens (tertiary/aromatic N) is 2. The van der Waals surface area contributed by atoms with Gasteiger partial charge in [0.2, 0.25) is 0 Å². The molecule has 5 aromatic carbocycles. The second-order valence-corrected chi connectivity index (χ2v) is 13.7. The van der Waals surface area contributed by atoms with Crippen molar-refractivity contribution in [3.63, 3.8) is 0 Å². The number of ether oxygens (including phenoxy) is 3. The first-order valence-electron chi connectivity index (χ1n) is 17.9. The predicted octanol–water partition coefficient (Wildman–Crippen LogP) is 9.82. The average Bonchev–Trinajstić information content (AvgIpc) is 3.41. The molecule has 3 atom stereocenters. The summed E-state index contributed by atoms with van der Waals surface area (Å²) < 4.78 is 18.6. The molecule has 2 heterocycles. The number of rotatable bonds is 13. The normalized spacial score (nSPS) is 19.0. The van der Waals surface area contributed by atoms with E-state index >= 15 is 0 Å². The van der Waals surface area contributed by atoms with Gasteiger partial charge in [-0.25, -0.2) is 0 Å². The molecule has 5 aromatic rings. The number of likely N-dealkylation sites (tertiary alicyclic amines) is 1. The van der Waals surface area contributed by atoms with Crippen LogP contribution in [0, 0.1) is 5.92 Å². The number of fused-ring (bicyclic) bond motifs is 1. The molecule has 0 bridgehead atoms. The zero-order valence-electron chi connectivity index (χ0n) is 28.8. The summed E-state index contributed by atoms with van der Waals surface area (Å²) in [6.07, 6.45) is 2.64. The molecule has 0 amide bonds. The molecule has 3 unspecified atom stereocenters. The Morgan fingerprint density at radius 1 is 0.633 bits per heavy atom. The van der Waals surface area contributed by atoms with Crippen molar-refractivity contribution in [2.24, 2.45) is 5.92 Å². The summed E-state index contributed by atoms with van der Waals surface area (Å²) in [4.78, 5) is 5.09. The number of anilines is 1. The van der Waals surface area contributed by atoms with E-state index in [9.17, 15) is 0 Å². The molecule has 252 valence electrons. The summed E-state index contributed by atoms with van der Waals surface area (Å²) in [5, 5.41) is 0. The quantitative estimate of drug-likeness (QED) is 0.127. The molecule has 2 aliphatic rings. The van der Waals surface area contributed by atoms with Crippen LogP contribution in [0.2, 0.25) is 0 Å². The van der Waals surface area contributed by atoms with Gasteiger partial charge in [-0.05, 0) is 95.6 Å². The van der Waals surface area contributed by atoms with Gasteiger partial charge in [0.05, 0.1) is 6.04 Å². The zero-order valence-corrected chi connectivity index (χ0v) is 28.8. The highest BCUT2D eigenvalue weighted by atomic mass is 16.5. The van der Waals surface area contributed by atoms with Crippen LogP contribution in [0.25, 0.3) is 0 Å². The van der Waals surface area contributed by atoms with Crippen LogP contribution in [0.1, 0.15) is 66.5 Å². The van der Waals surface area contributed by atoms with Crippen molar-refractivity contribution in [3.8, 4) is 17.2 Å². The molecule has 7 rings (SSSR count). The summed E-state index contributed by atoms with van der Waals surface area (Å²) in [5.74, 6) is 3.78. The van der Waals surface area contributed by atoms with Crippen molar-refractivity contribution in [1.29, 1.82) is 0 Å². The molecule has 0 aliphatic carbocycles. The van der Waals surface area contributed by atoms with Crippen molar-refractivity contribution in [3.05, 3.63) is 155 Å². The summed E-state index contributed by atoms with van der Waals surface area (Å²) in [7, 11) is 0. The van der Waals surface area contributed by atoms with Crippen LogP contribution in [0.15, 0.2) is 127 Å². The fraction of sp³-hybridized carbons (Fsp3) is 0.318. The second-order valence-electron chi connectivity index (χ2n) is 13.7. The van der Waals surface area contributed by atoms with Gasteiger partial charge in [0.15, 0.2) is 0 Å². The van der Waals surface area contributed by atoms with Crippen molar-refractivity contribution < 1.29 is 14.2 Å². The van der Waals surface area contributed by atoms with E-state index in [1.807, 2.05) is 24.3 Å². The SMILES string of the molecule is CC1CCCN(CCOc2ccc(CN3c4ccc(OCc5ccccc5)cc4C(C)C3c3ccc(OCc4ccccc4)cc3)cc2)C1. The first-order valence-corrected chi connectivity index (χ1v) is 17.9. The zero-order chi connectivity index (χ0) is 33.4. The number of hydrogen-bond donors (Lipinski definition) is 0. The molecule has 1 saturated heterocycles. The van der Waals surface area contributed by atoms with E-state index in [-0.39, 0.29) is 12.0 Å². The largest absolute Gasteiger partial charge is 0.492 e. The van der Waals surface area contributed by atoms with Crippen LogP contribution in [0.5, 0.6) is 17.2 Å². The Morgan fingerprint density at radius 3 is 1.92 bits per heavy atom. The van der Waals surface area contributed by atoms with Gasteiger partial charge in [0.1, 0.15) is 37.1 Å². The molecule has 0 aromatic heterocycles. The van der Waals surface area contributed by atoms with Gasteiger partial charge in [0, 0.05) is 31.2 Å². The Morgan fingerprint density at radius 2 is 1.24 bits per heavy atom. The Kier molecular flexibility index (Phi) is 10.5. The molecule has 5 nitrogen and oxygen atoms in total. The lowest BCUT2D eigenvalue weighted by atomic mass is 9.91. The Bertz CT molecular complexity index is 1760. The second kappa shape index (κ2) is 15.7. The summed E-state index contributed by atoms with van der Waals surface area (Å²) >= 11 is 0. The van der Waals surface area contributed by atoms with Crippen molar-refractivity contribution in [2.45, 2.75) is 58.4 Å². The van der Waals surface area contributed by atoms with Crippen LogP contribution in [-0.2, 0) is 19.8 Å². The fourth-order valence-electron chi connectivity index (χ4n) is 7.40. The standard InChI is InChI=1S/C44H48N2O3/c1-33-10-9-25-45(29-33)26-27-47-39-19-15-35(16-20-39)30-46-43-24-23-41(49-32-37-13-7-4-8-14-37)28-42(43)34(2)44(46)38-17-21-40(22-18-38)48-31-36-11-5-3-6-12-36/h3-8,11-24,28,33-34,44H,9-10,25-27,29-32H2,1-2H3. The van der Waals surface area contributed by atoms with Crippen LogP contribution in [0.3, 0.4) is 0 Å². The fourth-order valence-corrected chi connectivity index (χ4v) is 7.40. The minimum Gasteiger partial charge on any atom is -0.492 e. The van der Waals surface area contributed by atoms with E-state index in [1.54, 1.807) is 0 Å². The molecule has 5 heteroatoms. The maximum Gasteiger partial charge on any atom is 0.120 e. The topological polar surface area (TPSA) is 34.2 Å². The molecular weight excluding hydrogens is 604 g/mol. The summed E-state index contributed by atoms with van der Waals surface area (Å²) in [6.45, 7) is 10.7. The molecule has 0 N–H and O–H groups in total. The molecule has 0 spiro atoms. The molecule has 1 fully saturated rings. The highest BCUT2D eigenvalue weighted by Crippen LogP contribution is 2.50. The number of benzene rings is 5. The van der Waals surface area contributed by atoms with Gasteiger partial charge >= 0.3 is 0 Å². The van der Waals surface area contributed by atoms with E-state index < -0.39 is 0 Å². The summed E-state index contributed by atoms with van der Waals surface area (Å²) in [5.41, 5.74) is 7.43. The molecule has 49 heavy (non-hydrogen) atoms. The highest BCUT2D eigenvalue weighted by molar-refractivity contribution is 5.65. The average molecular weight is 653 g/mol. The van der Waals surface area contributed by atoms with Crippen LogP contribution in [0.4, 0.5) is 5.69 Å². The first kappa shape index (κ1) is 32.8. The minimum absolute atomic E-state index is 0.172. The molecule has 0 saturated carbocycles. The van der Waals surface area contributed by atoms with Crippen molar-refractivity contribution >= 4 is 5.69 Å². The van der Waals surface area contributed by atoms with E-state index in [4.69, 9.17) is 14.2 Å². The first-order chi connectivity index (χ1) is 24.1. The third-order valence-electron chi connectivity index (χ3n) is 10.0. The smallest absolute Gasteiger partial charge is 0.120 e. The lowest BCUT2D eigenvalue weighted by molar-refractivity contribution is 0.153. The van der Waals surface area contributed by atoms with Crippen LogP contribution >= 0.6 is 0 Å². The Balaban J connectivity index is 1.07. The third-order valence-corrected chi connectivity index (χ3v) is 10.0. The van der Waals surface area contributed by atoms with E-state index in [2.05, 4.69) is 127 Å². The van der Waals surface area contributed by atoms with Gasteiger partial charge < -0.3 is 19.1 Å². The van der Waals surface area contributed by atoms with E-state index in [1.165, 1.54) is 53.9 Å². The van der Waals surface area contributed by atoms with Gasteiger partial charge in [-0.15, -0.1) is 0 Å². The maximum absolute atomic E-state index is 6.28. The van der Waals surface area contributed by atoms with Crippen molar-refractivity contribution in [2.75, 3.05) is 31.1 Å². The van der Waals surface area contributed by atoms with Crippen LogP contribution < -0.4 is 19.1 Å². The number of piperidine rings is 1. The lowest BCUT2D eigenvalue weighted by Gasteiger charge is -2.31. The number of hydrogen-bond acceptors (Lipinski definition) is 5. The van der Waals surface area contributed by atoms with E-state index in [0.717, 1.165) is 48.4 Å². The van der Waals surface area contributed by atoms with Crippen LogP contribution in [-0.4, -0.2) is 31.1 Å². The molecule has 0 radical (unpaired) electrons. The van der Waals surface area contributed by atoms with Gasteiger partial charge in [-0.2, -0.15) is 0 Å². The van der Waals surface area contributed by atoms with Crippen molar-refractivity contribution in [1.82, 2.24) is 4.90 Å². The molecule has 2 aliphatic heterocycles. The minimum atomic E-state index is 0.172. The summed E-state index contributed by atoms with van der Waals surface area (Å²) in [6, 6.07) is 44.8. The van der Waals surface area contributed by atoms with Gasteiger partial charge in [-0.3, -0.25) is 4.90 Å². The molecular formula is C44H48N2O3. The Hall–Kier alpha value is -4.74. The maximum atomic E-state index is 6.28. The lowest BCUT2D eigenvalue weighted by Crippen LogP contribution is -2.37. The highest BCUT2D eigenvalue weighted by Gasteiger charge is 2.37. The Labute approximate surface area is 292 Å². The predicted molar refractivity (Wildman–Crippen MR) is 199 cm³/mol. The van der Waals surface area contributed by atoms with Gasteiger partial charge in [0.25, 0.3) is 0 Å².